The van der Waals surface area contributed by atoms with Gasteiger partial charge in [0.15, 0.2) is 5.78 Å². The van der Waals surface area contributed by atoms with Crippen molar-refractivity contribution >= 4 is 38.9 Å². The van der Waals surface area contributed by atoms with Crippen molar-refractivity contribution in [3.63, 3.8) is 0 Å². The van der Waals surface area contributed by atoms with Crippen molar-refractivity contribution in [2.75, 3.05) is 11.9 Å². The van der Waals surface area contributed by atoms with Gasteiger partial charge in [-0.15, -0.1) is 0 Å². The van der Waals surface area contributed by atoms with Gasteiger partial charge in [-0.2, -0.15) is 0 Å². The summed E-state index contributed by atoms with van der Waals surface area (Å²) in [7, 11) is 1.71. The summed E-state index contributed by atoms with van der Waals surface area (Å²) in [6, 6.07) is 14.6. The first-order valence-corrected chi connectivity index (χ1v) is 7.26. The van der Waals surface area contributed by atoms with Gasteiger partial charge in [0.25, 0.3) is 5.91 Å². The number of likely N-dealkylation sites (N-methyl/N-ethyl adjacent to an activating group) is 1. The number of fused-ring (bicyclic) bond motifs is 1. The van der Waals surface area contributed by atoms with Gasteiger partial charge in [-0.05, 0) is 36.4 Å². The monoisotopic (exact) mass is 341 g/mol. The number of rotatable bonds is 2. The van der Waals surface area contributed by atoms with E-state index in [-0.39, 0.29) is 11.7 Å². The molecule has 0 fully saturated rings. The molecule has 0 radical (unpaired) electrons. The highest BCUT2D eigenvalue weighted by atomic mass is 79.9. The average molecular weight is 342 g/mol. The zero-order valence-corrected chi connectivity index (χ0v) is 12.9. The second kappa shape index (κ2) is 5.30. The molecule has 0 saturated carbocycles. The van der Waals surface area contributed by atoms with Crippen LogP contribution in [0.15, 0.2) is 59.1 Å². The quantitative estimate of drug-likeness (QED) is 0.617. The van der Waals surface area contributed by atoms with Crippen LogP contribution in [0.25, 0.3) is 5.57 Å². The first kappa shape index (κ1) is 13.8. The second-order valence-electron chi connectivity index (χ2n) is 4.81. The van der Waals surface area contributed by atoms with Crippen LogP contribution in [0.5, 0.6) is 0 Å². The lowest BCUT2D eigenvalue weighted by atomic mass is 10.0. The fourth-order valence-corrected chi connectivity index (χ4v) is 2.63. The SMILES string of the molecule is CN1C(=O)C(=CC(=O)c2ccc(Br)cc2)c2ccccc21. The molecule has 1 aliphatic rings. The van der Waals surface area contributed by atoms with Gasteiger partial charge in [0.05, 0.1) is 11.3 Å². The van der Waals surface area contributed by atoms with Crippen LogP contribution in [0.4, 0.5) is 5.69 Å². The minimum atomic E-state index is -0.170. The standard InChI is InChI=1S/C17H12BrNO2/c1-19-15-5-3-2-4-13(15)14(17(19)21)10-16(20)11-6-8-12(18)9-7-11/h2-10H,1H3. The van der Waals surface area contributed by atoms with Crippen molar-refractivity contribution in [3.8, 4) is 0 Å². The molecule has 0 atom stereocenters. The number of amides is 1. The zero-order valence-electron chi connectivity index (χ0n) is 11.3. The topological polar surface area (TPSA) is 37.4 Å². The van der Waals surface area contributed by atoms with E-state index in [4.69, 9.17) is 0 Å². The molecule has 2 aromatic rings. The average Bonchev–Trinajstić information content (AvgIpc) is 2.73. The number of carbonyl (C=O) groups is 2. The molecule has 1 heterocycles. The molecule has 0 bridgehead atoms. The van der Waals surface area contributed by atoms with Crippen molar-refractivity contribution in [2.24, 2.45) is 0 Å². The Morgan fingerprint density at radius 3 is 2.48 bits per heavy atom. The smallest absolute Gasteiger partial charge is 0.258 e. The Kier molecular flexibility index (Phi) is 3.47. The van der Waals surface area contributed by atoms with Crippen molar-refractivity contribution in [1.82, 2.24) is 0 Å². The van der Waals surface area contributed by atoms with E-state index in [9.17, 15) is 9.59 Å². The molecular formula is C17H12BrNO2. The third-order valence-corrected chi connectivity index (χ3v) is 4.02. The maximum atomic E-state index is 12.3. The molecule has 0 spiro atoms. The van der Waals surface area contributed by atoms with E-state index in [1.165, 1.54) is 6.08 Å². The summed E-state index contributed by atoms with van der Waals surface area (Å²) in [5, 5.41) is 0. The number of hydrogen-bond acceptors (Lipinski definition) is 2. The maximum absolute atomic E-state index is 12.3. The van der Waals surface area contributed by atoms with Crippen molar-refractivity contribution in [1.29, 1.82) is 0 Å². The van der Waals surface area contributed by atoms with E-state index in [1.807, 2.05) is 36.4 Å². The number of halogens is 1. The Balaban J connectivity index is 2.02. The molecule has 3 rings (SSSR count). The van der Waals surface area contributed by atoms with Gasteiger partial charge >= 0.3 is 0 Å². The fourth-order valence-electron chi connectivity index (χ4n) is 2.37. The normalized spacial score (nSPS) is 15.4. The fraction of sp³-hybridized carbons (Fsp3) is 0.0588. The predicted molar refractivity (Wildman–Crippen MR) is 86.3 cm³/mol. The van der Waals surface area contributed by atoms with E-state index in [2.05, 4.69) is 15.9 Å². The number of ketones is 1. The number of allylic oxidation sites excluding steroid dienone is 1. The lowest BCUT2D eigenvalue weighted by Gasteiger charge is -2.07. The highest BCUT2D eigenvalue weighted by Crippen LogP contribution is 2.35. The van der Waals surface area contributed by atoms with Crippen LogP contribution in [0, 0.1) is 0 Å². The van der Waals surface area contributed by atoms with Gasteiger partial charge in [0, 0.05) is 22.6 Å². The highest BCUT2D eigenvalue weighted by molar-refractivity contribution is 9.10. The molecule has 1 aliphatic heterocycles. The molecule has 3 nitrogen and oxygen atoms in total. The number of para-hydroxylation sites is 1. The minimum Gasteiger partial charge on any atom is -0.311 e. The first-order valence-electron chi connectivity index (χ1n) is 6.47. The van der Waals surface area contributed by atoms with Crippen LogP contribution in [-0.2, 0) is 4.79 Å². The van der Waals surface area contributed by atoms with Crippen LogP contribution < -0.4 is 4.90 Å². The summed E-state index contributed by atoms with van der Waals surface area (Å²) in [5.41, 5.74) is 2.64. The Bertz CT molecular complexity index is 763. The van der Waals surface area contributed by atoms with Gasteiger partial charge in [-0.1, -0.05) is 34.1 Å². The summed E-state index contributed by atoms with van der Waals surface area (Å²) < 4.78 is 0.911. The van der Waals surface area contributed by atoms with Gasteiger partial charge in [-0.3, -0.25) is 9.59 Å². The van der Waals surface area contributed by atoms with Gasteiger partial charge in [0.1, 0.15) is 0 Å². The van der Waals surface area contributed by atoms with Gasteiger partial charge in [0.2, 0.25) is 0 Å². The van der Waals surface area contributed by atoms with E-state index in [0.29, 0.717) is 11.1 Å². The van der Waals surface area contributed by atoms with Crippen molar-refractivity contribution < 1.29 is 9.59 Å². The molecule has 2 aromatic carbocycles. The molecular weight excluding hydrogens is 330 g/mol. The Labute approximate surface area is 131 Å². The molecule has 0 saturated heterocycles. The van der Waals surface area contributed by atoms with Crippen LogP contribution in [0.2, 0.25) is 0 Å². The molecule has 104 valence electrons. The molecule has 0 unspecified atom stereocenters. The minimum absolute atomic E-state index is 0.151. The molecule has 0 aromatic heterocycles. The number of nitrogens with zero attached hydrogens (tertiary/aromatic N) is 1. The van der Waals surface area contributed by atoms with E-state index >= 15 is 0 Å². The van der Waals surface area contributed by atoms with Gasteiger partial charge in [-0.25, -0.2) is 0 Å². The van der Waals surface area contributed by atoms with Gasteiger partial charge < -0.3 is 4.90 Å². The summed E-state index contributed by atoms with van der Waals surface area (Å²) in [6.07, 6.45) is 1.42. The van der Waals surface area contributed by atoms with E-state index in [0.717, 1.165) is 15.7 Å². The molecule has 1 amide bonds. The third kappa shape index (κ3) is 2.43. The summed E-state index contributed by atoms with van der Waals surface area (Å²) in [5.74, 6) is -0.322. The summed E-state index contributed by atoms with van der Waals surface area (Å²) >= 11 is 3.33. The summed E-state index contributed by atoms with van der Waals surface area (Å²) in [4.78, 5) is 26.2. The Morgan fingerprint density at radius 1 is 1.10 bits per heavy atom. The van der Waals surface area contributed by atoms with Crippen LogP contribution in [0.3, 0.4) is 0 Å². The van der Waals surface area contributed by atoms with Crippen LogP contribution in [0.1, 0.15) is 15.9 Å². The summed E-state index contributed by atoms with van der Waals surface area (Å²) in [6.45, 7) is 0. The molecule has 0 aliphatic carbocycles. The van der Waals surface area contributed by atoms with E-state index in [1.54, 1.807) is 24.1 Å². The molecule has 4 heteroatoms. The second-order valence-corrected chi connectivity index (χ2v) is 5.73. The molecule has 21 heavy (non-hydrogen) atoms. The first-order chi connectivity index (χ1) is 10.1. The Hall–Kier alpha value is -2.20. The molecule has 0 N–H and O–H groups in total. The van der Waals surface area contributed by atoms with Crippen LogP contribution >= 0.6 is 15.9 Å². The number of carbonyl (C=O) groups excluding carboxylic acids is 2. The third-order valence-electron chi connectivity index (χ3n) is 3.49. The number of anilines is 1. The Morgan fingerprint density at radius 2 is 1.76 bits per heavy atom. The van der Waals surface area contributed by atoms with Crippen molar-refractivity contribution in [3.05, 3.63) is 70.2 Å². The largest absolute Gasteiger partial charge is 0.311 e. The van der Waals surface area contributed by atoms with Crippen LogP contribution in [-0.4, -0.2) is 18.7 Å². The lowest BCUT2D eigenvalue weighted by Crippen LogP contribution is -2.20. The highest BCUT2D eigenvalue weighted by Gasteiger charge is 2.29. The predicted octanol–water partition coefficient (Wildman–Crippen LogP) is 3.69. The van der Waals surface area contributed by atoms with Crippen molar-refractivity contribution in [2.45, 2.75) is 0 Å². The number of hydrogen-bond donors (Lipinski definition) is 0. The number of benzene rings is 2. The lowest BCUT2D eigenvalue weighted by molar-refractivity contribution is -0.112. The maximum Gasteiger partial charge on any atom is 0.258 e. The van der Waals surface area contributed by atoms with E-state index < -0.39 is 0 Å². The zero-order chi connectivity index (χ0) is 15.0.